The van der Waals surface area contributed by atoms with Gasteiger partial charge in [-0.2, -0.15) is 0 Å². The molecule has 0 bridgehead atoms. The predicted octanol–water partition coefficient (Wildman–Crippen LogP) is 1.14. The summed E-state index contributed by atoms with van der Waals surface area (Å²) in [4.78, 5) is 14.3. The molecule has 0 aromatic carbocycles. The standard InChI is InChI=1S/C16H26N4O3S2/c1-12-4-3-6-20(9-12)15(21)10-24-16-18-17-14(19(16)2)8-13-5-7-25(22,23)11-13/h12-13H,3-11H2,1-2H3/t12-,13+/m1/s1. The zero-order valence-corrected chi connectivity index (χ0v) is 16.5. The van der Waals surface area contributed by atoms with Crippen LogP contribution in [0.4, 0.5) is 0 Å². The van der Waals surface area contributed by atoms with E-state index in [9.17, 15) is 13.2 Å². The predicted molar refractivity (Wildman–Crippen MR) is 97.2 cm³/mol. The van der Waals surface area contributed by atoms with Gasteiger partial charge in [0.15, 0.2) is 15.0 Å². The van der Waals surface area contributed by atoms with Crippen molar-refractivity contribution in [1.29, 1.82) is 0 Å². The summed E-state index contributed by atoms with van der Waals surface area (Å²) in [6.07, 6.45) is 3.60. The largest absolute Gasteiger partial charge is 0.342 e. The average Bonchev–Trinajstić information content (AvgIpc) is 3.08. The Kier molecular flexibility index (Phi) is 5.72. The van der Waals surface area contributed by atoms with Crippen LogP contribution < -0.4 is 0 Å². The van der Waals surface area contributed by atoms with Crippen molar-refractivity contribution >= 4 is 27.5 Å². The first-order chi connectivity index (χ1) is 11.8. The van der Waals surface area contributed by atoms with Crippen molar-refractivity contribution < 1.29 is 13.2 Å². The molecule has 0 N–H and O–H groups in total. The minimum absolute atomic E-state index is 0.127. The number of carbonyl (C=O) groups is 1. The molecule has 2 atom stereocenters. The molecule has 9 heteroatoms. The Bertz CT molecular complexity index is 732. The number of sulfone groups is 1. The van der Waals surface area contributed by atoms with Gasteiger partial charge in [0.05, 0.1) is 17.3 Å². The minimum atomic E-state index is -2.87. The maximum Gasteiger partial charge on any atom is 0.233 e. The van der Waals surface area contributed by atoms with E-state index in [1.54, 1.807) is 0 Å². The lowest BCUT2D eigenvalue weighted by atomic mass is 10.0. The molecule has 140 valence electrons. The number of nitrogens with zero attached hydrogens (tertiary/aromatic N) is 4. The number of piperidine rings is 1. The Hall–Kier alpha value is -1.09. The van der Waals surface area contributed by atoms with Gasteiger partial charge >= 0.3 is 0 Å². The van der Waals surface area contributed by atoms with E-state index in [1.165, 1.54) is 18.2 Å². The van der Waals surface area contributed by atoms with Crippen LogP contribution in [0.25, 0.3) is 0 Å². The van der Waals surface area contributed by atoms with Crippen molar-refractivity contribution in [3.63, 3.8) is 0 Å². The van der Waals surface area contributed by atoms with Crippen molar-refractivity contribution in [2.24, 2.45) is 18.9 Å². The second kappa shape index (κ2) is 7.65. The smallest absolute Gasteiger partial charge is 0.233 e. The third-order valence-corrected chi connectivity index (χ3v) is 7.90. The number of rotatable bonds is 5. The van der Waals surface area contributed by atoms with Crippen LogP contribution in [0.2, 0.25) is 0 Å². The summed E-state index contributed by atoms with van der Waals surface area (Å²) in [5, 5.41) is 9.10. The summed E-state index contributed by atoms with van der Waals surface area (Å²) >= 11 is 1.41. The molecule has 1 aromatic heterocycles. The lowest BCUT2D eigenvalue weighted by Gasteiger charge is -2.30. The SMILES string of the molecule is C[C@@H]1CCCN(C(=O)CSc2nnc(C[C@@H]3CCS(=O)(=O)C3)n2C)C1. The number of carbonyl (C=O) groups excluding carboxylic acids is 1. The number of aromatic nitrogens is 3. The maximum absolute atomic E-state index is 12.4. The van der Waals surface area contributed by atoms with E-state index in [0.717, 1.165) is 25.3 Å². The molecule has 1 aromatic rings. The maximum atomic E-state index is 12.4. The zero-order valence-electron chi connectivity index (χ0n) is 14.8. The number of hydrogen-bond acceptors (Lipinski definition) is 6. The molecule has 0 unspecified atom stereocenters. The third-order valence-electron chi connectivity index (χ3n) is 5.06. The fraction of sp³-hybridized carbons (Fsp3) is 0.812. The second-order valence-corrected chi connectivity index (χ2v) is 10.5. The lowest BCUT2D eigenvalue weighted by molar-refractivity contribution is -0.130. The van der Waals surface area contributed by atoms with E-state index in [1.807, 2.05) is 16.5 Å². The summed E-state index contributed by atoms with van der Waals surface area (Å²) in [6.45, 7) is 3.88. The molecular weight excluding hydrogens is 360 g/mol. The van der Waals surface area contributed by atoms with Crippen LogP contribution in [0.1, 0.15) is 32.0 Å². The summed E-state index contributed by atoms with van der Waals surface area (Å²) < 4.78 is 25.1. The van der Waals surface area contributed by atoms with Gasteiger partial charge in [0.1, 0.15) is 5.82 Å². The van der Waals surface area contributed by atoms with E-state index >= 15 is 0 Å². The van der Waals surface area contributed by atoms with E-state index in [2.05, 4.69) is 17.1 Å². The number of amides is 1. The van der Waals surface area contributed by atoms with Crippen molar-refractivity contribution in [2.45, 2.75) is 37.8 Å². The van der Waals surface area contributed by atoms with Gasteiger partial charge in [-0.3, -0.25) is 4.79 Å². The molecule has 0 aliphatic carbocycles. The van der Waals surface area contributed by atoms with Gasteiger partial charge in [-0.15, -0.1) is 10.2 Å². The Labute approximate surface area is 153 Å². The lowest BCUT2D eigenvalue weighted by Crippen LogP contribution is -2.40. The Morgan fingerprint density at radius 1 is 1.32 bits per heavy atom. The highest BCUT2D eigenvalue weighted by molar-refractivity contribution is 7.99. The van der Waals surface area contributed by atoms with Gasteiger partial charge in [0, 0.05) is 26.6 Å². The molecule has 0 saturated carbocycles. The summed E-state index contributed by atoms with van der Waals surface area (Å²) in [7, 11) is -0.989. The van der Waals surface area contributed by atoms with Crippen LogP contribution in [0.3, 0.4) is 0 Å². The minimum Gasteiger partial charge on any atom is -0.342 e. The van der Waals surface area contributed by atoms with E-state index < -0.39 is 9.84 Å². The second-order valence-electron chi connectivity index (χ2n) is 7.31. The van der Waals surface area contributed by atoms with Gasteiger partial charge in [0.25, 0.3) is 0 Å². The quantitative estimate of drug-likeness (QED) is 0.706. The van der Waals surface area contributed by atoms with Gasteiger partial charge in [-0.1, -0.05) is 18.7 Å². The Morgan fingerprint density at radius 3 is 2.80 bits per heavy atom. The highest BCUT2D eigenvalue weighted by Crippen LogP contribution is 2.24. The Morgan fingerprint density at radius 2 is 2.12 bits per heavy atom. The number of likely N-dealkylation sites (tertiary alicyclic amines) is 1. The monoisotopic (exact) mass is 386 g/mol. The van der Waals surface area contributed by atoms with Crippen molar-refractivity contribution in [1.82, 2.24) is 19.7 Å². The fourth-order valence-corrected chi connectivity index (χ4v) is 6.27. The van der Waals surface area contributed by atoms with Crippen LogP contribution >= 0.6 is 11.8 Å². The van der Waals surface area contributed by atoms with E-state index in [0.29, 0.717) is 29.7 Å². The zero-order chi connectivity index (χ0) is 18.0. The van der Waals surface area contributed by atoms with Gasteiger partial charge in [-0.25, -0.2) is 8.42 Å². The molecule has 1 amide bonds. The summed E-state index contributed by atoms with van der Waals surface area (Å²) in [6, 6.07) is 0. The van der Waals surface area contributed by atoms with Gasteiger partial charge in [0.2, 0.25) is 5.91 Å². The number of thioether (sulfide) groups is 1. The molecule has 2 saturated heterocycles. The molecule has 3 heterocycles. The van der Waals surface area contributed by atoms with Crippen LogP contribution in [0.5, 0.6) is 0 Å². The van der Waals surface area contributed by atoms with Gasteiger partial charge in [-0.05, 0) is 31.1 Å². The molecule has 0 radical (unpaired) electrons. The third kappa shape index (κ3) is 4.75. The van der Waals surface area contributed by atoms with Crippen LogP contribution in [0.15, 0.2) is 5.16 Å². The topological polar surface area (TPSA) is 85.2 Å². The highest BCUT2D eigenvalue weighted by atomic mass is 32.2. The molecule has 2 fully saturated rings. The molecule has 7 nitrogen and oxygen atoms in total. The normalized spacial score (nSPS) is 26.1. The first-order valence-electron chi connectivity index (χ1n) is 8.83. The van der Waals surface area contributed by atoms with Crippen molar-refractivity contribution in [2.75, 3.05) is 30.3 Å². The fourth-order valence-electron chi connectivity index (χ4n) is 3.57. The highest BCUT2D eigenvalue weighted by Gasteiger charge is 2.29. The first kappa shape index (κ1) is 18.7. The summed E-state index contributed by atoms with van der Waals surface area (Å²) in [5.41, 5.74) is 0. The van der Waals surface area contributed by atoms with E-state index in [-0.39, 0.29) is 23.3 Å². The first-order valence-corrected chi connectivity index (χ1v) is 11.6. The number of hydrogen-bond donors (Lipinski definition) is 0. The van der Waals surface area contributed by atoms with Crippen LogP contribution in [-0.4, -0.2) is 64.3 Å². The Balaban J connectivity index is 1.53. The molecule has 3 rings (SSSR count). The molecule has 25 heavy (non-hydrogen) atoms. The molecule has 2 aliphatic rings. The van der Waals surface area contributed by atoms with Crippen LogP contribution in [-0.2, 0) is 28.1 Å². The molecule has 0 spiro atoms. The van der Waals surface area contributed by atoms with Gasteiger partial charge < -0.3 is 9.47 Å². The summed E-state index contributed by atoms with van der Waals surface area (Å²) in [5.74, 6) is 2.55. The molecule has 2 aliphatic heterocycles. The van der Waals surface area contributed by atoms with Crippen molar-refractivity contribution in [3.05, 3.63) is 5.82 Å². The van der Waals surface area contributed by atoms with Crippen LogP contribution in [0, 0.1) is 11.8 Å². The average molecular weight is 387 g/mol. The molecular formula is C16H26N4O3S2. The van der Waals surface area contributed by atoms with Crippen molar-refractivity contribution in [3.8, 4) is 0 Å². The van der Waals surface area contributed by atoms with E-state index in [4.69, 9.17) is 0 Å².